The molecule has 0 bridgehead atoms. The molecular weight excluding hydrogens is 535 g/mol. The van der Waals surface area contributed by atoms with E-state index in [2.05, 4.69) is 15.2 Å². The lowest BCUT2D eigenvalue weighted by atomic mass is 10.2. The fourth-order valence-corrected chi connectivity index (χ4v) is 4.49. The molecule has 2 rings (SSSR count). The molecule has 0 radical (unpaired) electrons. The molecule has 1 heterocycles. The van der Waals surface area contributed by atoms with Crippen LogP contribution in [0.15, 0.2) is 23.2 Å². The molecule has 1 fully saturated rings. The van der Waals surface area contributed by atoms with Gasteiger partial charge in [0.05, 0.1) is 32.7 Å². The van der Waals surface area contributed by atoms with E-state index in [0.717, 1.165) is 23.0 Å². The molecule has 1 N–H and O–H groups in total. The quantitative estimate of drug-likeness (QED) is 0.275. The number of rotatable bonds is 9. The van der Waals surface area contributed by atoms with Gasteiger partial charge in [-0.1, -0.05) is 0 Å². The van der Waals surface area contributed by atoms with Crippen LogP contribution in [-0.4, -0.2) is 89.5 Å². The number of benzene rings is 1. The fraction of sp³-hybridized carbons (Fsp3) is 0.650. The maximum Gasteiger partial charge on any atom is 0.216 e. The summed E-state index contributed by atoms with van der Waals surface area (Å²) in [4.78, 5) is 6.41. The van der Waals surface area contributed by atoms with Gasteiger partial charge in [0.1, 0.15) is 11.5 Å². The third kappa shape index (κ3) is 8.28. The van der Waals surface area contributed by atoms with Crippen molar-refractivity contribution in [2.75, 3.05) is 59.8 Å². The minimum atomic E-state index is -3.31. The van der Waals surface area contributed by atoms with E-state index in [4.69, 9.17) is 14.2 Å². The number of nitrogens with one attached hydrogen (secondary N) is 1. The first-order valence-electron chi connectivity index (χ1n) is 10.1. The van der Waals surface area contributed by atoms with E-state index in [0.29, 0.717) is 32.7 Å². The van der Waals surface area contributed by atoms with Crippen LogP contribution in [0.1, 0.15) is 19.4 Å². The number of aliphatic imine (C=N–C) groups is 1. The minimum Gasteiger partial charge on any atom is -0.497 e. The molecule has 1 saturated heterocycles. The molecule has 1 aliphatic rings. The summed E-state index contributed by atoms with van der Waals surface area (Å²) in [6.07, 6.45) is 0.0239. The molecule has 0 spiro atoms. The monoisotopic (exact) mass is 570 g/mol. The van der Waals surface area contributed by atoms with Crippen molar-refractivity contribution in [3.63, 3.8) is 0 Å². The summed E-state index contributed by atoms with van der Waals surface area (Å²) in [5.41, 5.74) is 0.978. The van der Waals surface area contributed by atoms with Crippen molar-refractivity contribution in [2.45, 2.75) is 26.5 Å². The molecule has 31 heavy (non-hydrogen) atoms. The number of sulfonamides is 1. The number of hydrogen-bond donors (Lipinski definition) is 1. The SMILES string of the molecule is CN=C(NCc1ccc(OC)cc1OC)N1CCN(S(=O)(=O)CCOC(C)C)CC1.I. The number of methoxy groups -OCH3 is 2. The Bertz CT molecular complexity index is 812. The van der Waals surface area contributed by atoms with Crippen molar-refractivity contribution in [3.8, 4) is 11.5 Å². The van der Waals surface area contributed by atoms with Gasteiger partial charge in [-0.05, 0) is 26.0 Å². The molecule has 0 aromatic heterocycles. The fourth-order valence-electron chi connectivity index (χ4n) is 3.20. The molecule has 1 aliphatic heterocycles. The highest BCUT2D eigenvalue weighted by Crippen LogP contribution is 2.24. The minimum absolute atomic E-state index is 0. The van der Waals surface area contributed by atoms with Crippen molar-refractivity contribution >= 4 is 40.0 Å². The van der Waals surface area contributed by atoms with Crippen LogP contribution >= 0.6 is 24.0 Å². The standard InChI is InChI=1S/C20H34N4O5S.HI/c1-16(2)29-12-13-30(25,26)24-10-8-23(9-11-24)20(21-3)22-15-17-6-7-18(27-4)14-19(17)28-5;/h6-7,14,16H,8-13,15H2,1-5H3,(H,21,22);1H. The smallest absolute Gasteiger partial charge is 0.216 e. The number of halogens is 1. The van der Waals surface area contributed by atoms with Crippen molar-refractivity contribution in [1.82, 2.24) is 14.5 Å². The van der Waals surface area contributed by atoms with Gasteiger partial charge in [0.2, 0.25) is 10.0 Å². The van der Waals surface area contributed by atoms with E-state index in [1.54, 1.807) is 21.3 Å². The Balaban J connectivity index is 0.00000480. The van der Waals surface area contributed by atoms with Crippen LogP contribution in [0.2, 0.25) is 0 Å². The van der Waals surface area contributed by atoms with E-state index in [1.165, 1.54) is 4.31 Å². The van der Waals surface area contributed by atoms with Gasteiger partial charge in [0.15, 0.2) is 5.96 Å². The first kappa shape index (κ1) is 27.7. The lowest BCUT2D eigenvalue weighted by Crippen LogP contribution is -2.54. The van der Waals surface area contributed by atoms with Gasteiger partial charge in [-0.25, -0.2) is 8.42 Å². The second kappa shape index (κ2) is 13.3. The average Bonchev–Trinajstić information content (AvgIpc) is 2.74. The predicted octanol–water partition coefficient (Wildman–Crippen LogP) is 1.77. The lowest BCUT2D eigenvalue weighted by molar-refractivity contribution is 0.0904. The molecule has 0 aliphatic carbocycles. The highest BCUT2D eigenvalue weighted by molar-refractivity contribution is 14.0. The number of ether oxygens (including phenoxy) is 3. The summed E-state index contributed by atoms with van der Waals surface area (Å²) in [6, 6.07) is 5.67. The molecule has 178 valence electrons. The Labute approximate surface area is 203 Å². The molecule has 0 atom stereocenters. The molecule has 0 amide bonds. The summed E-state index contributed by atoms with van der Waals surface area (Å²) in [6.45, 7) is 6.54. The largest absolute Gasteiger partial charge is 0.497 e. The zero-order valence-corrected chi connectivity index (χ0v) is 22.1. The van der Waals surface area contributed by atoms with E-state index in [-0.39, 0.29) is 42.4 Å². The summed E-state index contributed by atoms with van der Waals surface area (Å²) in [7, 11) is 1.65. The Hall–Kier alpha value is -1.31. The number of guanidine groups is 1. The highest BCUT2D eigenvalue weighted by atomic mass is 127. The van der Waals surface area contributed by atoms with Gasteiger partial charge >= 0.3 is 0 Å². The topological polar surface area (TPSA) is 92.7 Å². The van der Waals surface area contributed by atoms with E-state index < -0.39 is 10.0 Å². The third-order valence-electron chi connectivity index (χ3n) is 4.87. The van der Waals surface area contributed by atoms with E-state index in [1.807, 2.05) is 32.0 Å². The molecule has 1 aromatic rings. The molecule has 11 heteroatoms. The van der Waals surface area contributed by atoms with Crippen molar-refractivity contribution in [2.24, 2.45) is 4.99 Å². The molecule has 0 unspecified atom stereocenters. The zero-order valence-electron chi connectivity index (χ0n) is 19.0. The van der Waals surface area contributed by atoms with Crippen molar-refractivity contribution in [1.29, 1.82) is 0 Å². The maximum absolute atomic E-state index is 12.5. The third-order valence-corrected chi connectivity index (χ3v) is 6.70. The van der Waals surface area contributed by atoms with Crippen LogP contribution in [0, 0.1) is 0 Å². The number of piperazine rings is 1. The van der Waals surface area contributed by atoms with Crippen LogP contribution in [0.3, 0.4) is 0 Å². The van der Waals surface area contributed by atoms with Crippen LogP contribution < -0.4 is 14.8 Å². The zero-order chi connectivity index (χ0) is 22.1. The van der Waals surface area contributed by atoms with Gasteiger partial charge in [-0.3, -0.25) is 4.99 Å². The lowest BCUT2D eigenvalue weighted by Gasteiger charge is -2.36. The molecular formula is C20H35IN4O5S. The van der Waals surface area contributed by atoms with Crippen LogP contribution in [0.5, 0.6) is 11.5 Å². The van der Waals surface area contributed by atoms with Crippen molar-refractivity contribution in [3.05, 3.63) is 23.8 Å². The van der Waals surface area contributed by atoms with Crippen LogP contribution in [0.25, 0.3) is 0 Å². The molecule has 9 nitrogen and oxygen atoms in total. The summed E-state index contributed by atoms with van der Waals surface area (Å²) in [5, 5.41) is 3.34. The first-order chi connectivity index (χ1) is 14.3. The van der Waals surface area contributed by atoms with E-state index in [9.17, 15) is 8.42 Å². The summed E-state index contributed by atoms with van der Waals surface area (Å²) < 4.78 is 42.6. The Morgan fingerprint density at radius 1 is 1.16 bits per heavy atom. The second-order valence-electron chi connectivity index (χ2n) is 7.20. The van der Waals surface area contributed by atoms with E-state index >= 15 is 0 Å². The second-order valence-corrected chi connectivity index (χ2v) is 9.29. The van der Waals surface area contributed by atoms with Gasteiger partial charge in [0.25, 0.3) is 0 Å². The number of nitrogens with zero attached hydrogens (tertiary/aromatic N) is 3. The Morgan fingerprint density at radius 3 is 2.39 bits per heavy atom. The summed E-state index contributed by atoms with van der Waals surface area (Å²) >= 11 is 0. The first-order valence-corrected chi connectivity index (χ1v) is 11.7. The highest BCUT2D eigenvalue weighted by Gasteiger charge is 2.28. The number of hydrogen-bond acceptors (Lipinski definition) is 6. The normalized spacial score (nSPS) is 15.5. The predicted molar refractivity (Wildman–Crippen MR) is 133 cm³/mol. The van der Waals surface area contributed by atoms with Crippen LogP contribution in [-0.2, 0) is 21.3 Å². The Morgan fingerprint density at radius 2 is 1.84 bits per heavy atom. The van der Waals surface area contributed by atoms with Gasteiger partial charge in [0, 0.05) is 51.4 Å². The molecule has 0 saturated carbocycles. The van der Waals surface area contributed by atoms with Gasteiger partial charge < -0.3 is 24.4 Å². The van der Waals surface area contributed by atoms with Gasteiger partial charge in [-0.15, -0.1) is 24.0 Å². The Kier molecular flexibility index (Phi) is 11.9. The maximum atomic E-state index is 12.5. The van der Waals surface area contributed by atoms with Crippen molar-refractivity contribution < 1.29 is 22.6 Å². The average molecular weight is 570 g/mol. The molecule has 1 aromatic carbocycles. The summed E-state index contributed by atoms with van der Waals surface area (Å²) in [5.74, 6) is 2.20. The van der Waals surface area contributed by atoms with Crippen LogP contribution in [0.4, 0.5) is 0 Å². The van der Waals surface area contributed by atoms with Gasteiger partial charge in [-0.2, -0.15) is 4.31 Å².